The summed E-state index contributed by atoms with van der Waals surface area (Å²) in [7, 11) is -4.13. The van der Waals surface area contributed by atoms with Gasteiger partial charge in [-0.05, 0) is 153 Å². The fourth-order valence-electron chi connectivity index (χ4n) is 14.6. The van der Waals surface area contributed by atoms with Crippen molar-refractivity contribution in [1.82, 2.24) is 0 Å². The first-order valence-electron chi connectivity index (χ1n) is 29.9. The molecule has 0 amide bonds. The second-order valence-corrected chi connectivity index (χ2v) is 27.3. The van der Waals surface area contributed by atoms with Gasteiger partial charge in [-0.25, -0.2) is 5.57 Å². The number of hydrogen-bond donors (Lipinski definition) is 0. The van der Waals surface area contributed by atoms with Gasteiger partial charge >= 0.3 is 21.7 Å². The molecule has 0 saturated heterocycles. The van der Waals surface area contributed by atoms with Gasteiger partial charge in [0.1, 0.15) is 8.07 Å². The van der Waals surface area contributed by atoms with E-state index >= 15 is 0 Å². The number of aryl methyl sites for hydroxylation is 3. The quantitative estimate of drug-likeness (QED) is 0.0613. The summed E-state index contributed by atoms with van der Waals surface area (Å²) in [6.45, 7) is 17.1. The van der Waals surface area contributed by atoms with E-state index in [1.165, 1.54) is 149 Å². The van der Waals surface area contributed by atoms with Crippen LogP contribution in [-0.2, 0) is 21.7 Å². The van der Waals surface area contributed by atoms with Gasteiger partial charge in [0.25, 0.3) is 0 Å². The molecule has 0 radical (unpaired) electrons. The minimum absolute atomic E-state index is 0. The number of allylic oxidation sites excluding steroid dienone is 4. The summed E-state index contributed by atoms with van der Waals surface area (Å²) in [6, 6.07) is 109. The zero-order valence-corrected chi connectivity index (χ0v) is 56.2. The molecule has 1 aliphatic carbocycles. The van der Waals surface area contributed by atoms with Crippen LogP contribution in [0.3, 0.4) is 0 Å². The minimum atomic E-state index is -4.13. The van der Waals surface area contributed by atoms with Gasteiger partial charge in [0, 0.05) is 0 Å². The zero-order chi connectivity index (χ0) is 58.2. The van der Waals surface area contributed by atoms with E-state index in [2.05, 4.69) is 346 Å². The second kappa shape index (κ2) is 27.8. The Morgan fingerprint density at radius 1 is 0.270 bits per heavy atom. The molecule has 434 valence electrons. The summed E-state index contributed by atoms with van der Waals surface area (Å²) >= 11 is 0. The van der Waals surface area contributed by atoms with Gasteiger partial charge in [-0.1, -0.05) is 317 Å². The van der Waals surface area contributed by atoms with E-state index in [1.54, 1.807) is 0 Å². The van der Waals surface area contributed by atoms with Crippen LogP contribution in [0.15, 0.2) is 308 Å². The molecule has 0 nitrogen and oxygen atoms in total. The van der Waals surface area contributed by atoms with Crippen molar-refractivity contribution in [3.8, 4) is 100 Å². The predicted molar refractivity (Wildman–Crippen MR) is 366 cm³/mol. The molecular formula is C84H69Cl3SiTi. The monoisotopic (exact) mass is 1260 g/mol. The van der Waals surface area contributed by atoms with Crippen LogP contribution < -0.4 is 52.8 Å². The number of benzene rings is 12. The van der Waals surface area contributed by atoms with Crippen LogP contribution in [0.4, 0.5) is 0 Å². The van der Waals surface area contributed by atoms with Gasteiger partial charge in [0.2, 0.25) is 0 Å². The van der Waals surface area contributed by atoms with Crippen molar-refractivity contribution in [3.63, 3.8) is 0 Å². The fraction of sp³-hybridized carbons (Fsp3) is 0.0952. The van der Waals surface area contributed by atoms with Gasteiger partial charge in [-0.15, -0.1) is 6.92 Å². The zero-order valence-electron chi connectivity index (χ0n) is 51.3. The van der Waals surface area contributed by atoms with E-state index in [0.717, 1.165) is 0 Å². The molecular weight excluding hydrogens is 1190 g/mol. The third kappa shape index (κ3) is 11.4. The molecule has 0 N–H and O–H groups in total. The Kier molecular flexibility index (Phi) is 20.4. The van der Waals surface area contributed by atoms with Crippen molar-refractivity contribution < 1.29 is 58.9 Å². The normalized spacial score (nSPS) is 13.5. The van der Waals surface area contributed by atoms with Crippen LogP contribution in [0.2, 0.25) is 5.04 Å². The molecule has 0 heterocycles. The summed E-state index contributed by atoms with van der Waals surface area (Å²) in [5, 5.41) is 3.40. The Bertz CT molecular complexity index is 4060. The molecule has 0 saturated carbocycles. The smallest absolute Gasteiger partial charge is 1.00 e. The van der Waals surface area contributed by atoms with Crippen molar-refractivity contribution >= 4 is 23.6 Å². The largest absolute Gasteiger partial charge is 4.00 e. The number of halogens is 3. The predicted octanol–water partition coefficient (Wildman–Crippen LogP) is 12.0. The molecule has 89 heavy (non-hydrogen) atoms. The van der Waals surface area contributed by atoms with E-state index in [1.807, 2.05) is 0 Å². The number of hydrogen-bond acceptors (Lipinski definition) is 0. The van der Waals surface area contributed by atoms with Crippen LogP contribution in [0.25, 0.3) is 100 Å². The average Bonchev–Trinajstić information content (AvgIpc) is 1.61. The third-order valence-electron chi connectivity index (χ3n) is 18.4. The van der Waals surface area contributed by atoms with Crippen molar-refractivity contribution in [2.75, 3.05) is 0 Å². The van der Waals surface area contributed by atoms with Crippen LogP contribution in [-0.4, -0.2) is 8.07 Å². The summed E-state index contributed by atoms with van der Waals surface area (Å²) in [4.78, 5) is 0. The van der Waals surface area contributed by atoms with Crippen molar-refractivity contribution in [3.05, 3.63) is 331 Å². The van der Waals surface area contributed by atoms with E-state index < -0.39 is 13.1 Å². The van der Waals surface area contributed by atoms with E-state index in [0.29, 0.717) is 0 Å². The third-order valence-corrected chi connectivity index (χ3v) is 24.6. The standard InChI is InChI=1S/C84H69Si.3ClH.Ti/c1-57-53-72(63-35-17-8-18-36-63)75(66-41-23-11-24-42-66)78(69-47-29-14-30-48-69)81(57)85(84(7)56-60(4)61(5)62(84)6,82-58(2)54-73(64-37-19-9-20-38-64)76(67-43-25-12-26-44-67)79(82)70-49-31-15-32-50-70)83-59(3)55-74(65-39-21-10-22-40-65)77(68-45-27-13-28-46-68)80(83)71-51-33-16-34-52-71;;;;/h8-55H,1-7H3;3*1H;/q-1;;;;+4/p-3. The Labute approximate surface area is 562 Å². The maximum Gasteiger partial charge on any atom is 4.00 e. The summed E-state index contributed by atoms with van der Waals surface area (Å²) in [5.41, 5.74) is 29.3. The van der Waals surface area contributed by atoms with Crippen LogP contribution in [0.1, 0.15) is 44.4 Å². The SMILES string of the molecule is CC1=[C-]C(C)([Si](c2c(C)cc(-c3ccccc3)c(-c3ccccc3)c2-c2ccccc2)(c2c(C)cc(-c3ccccc3)c(-c3ccccc3)c2-c2ccccc2)c2c(C)cc(-c3ccccc3)c(-c3ccccc3)c2-c2ccccc2)C(C)=C1C.[Cl-].[Cl-].[Cl-].[Ti+4]. The van der Waals surface area contributed by atoms with Gasteiger partial charge in [0.05, 0.1) is 0 Å². The van der Waals surface area contributed by atoms with E-state index in [-0.39, 0.29) is 58.9 Å². The van der Waals surface area contributed by atoms with Gasteiger partial charge in [-0.2, -0.15) is 11.1 Å². The second-order valence-electron chi connectivity index (χ2n) is 23.3. The fourth-order valence-corrected chi connectivity index (χ4v) is 21.9. The molecule has 12 aromatic carbocycles. The molecule has 0 spiro atoms. The molecule has 0 aromatic heterocycles. The summed E-state index contributed by atoms with van der Waals surface area (Å²) < 4.78 is 0. The molecule has 1 aliphatic rings. The van der Waals surface area contributed by atoms with Crippen molar-refractivity contribution in [2.45, 2.75) is 53.5 Å². The molecule has 1 atom stereocenters. The maximum absolute atomic E-state index is 4.60. The first kappa shape index (κ1) is 65.4. The van der Waals surface area contributed by atoms with Crippen molar-refractivity contribution in [2.24, 2.45) is 0 Å². The Balaban J connectivity index is 0.00000235. The van der Waals surface area contributed by atoms with Crippen LogP contribution in [0, 0.1) is 26.8 Å². The van der Waals surface area contributed by atoms with Gasteiger partial charge in [0.15, 0.2) is 0 Å². The first-order chi connectivity index (χ1) is 41.6. The van der Waals surface area contributed by atoms with Gasteiger partial charge in [-0.3, -0.25) is 6.08 Å². The topological polar surface area (TPSA) is 0 Å². The molecule has 0 aliphatic heterocycles. The molecule has 12 aromatic rings. The minimum Gasteiger partial charge on any atom is -1.00 e. The Hall–Kier alpha value is -8.08. The number of rotatable bonds is 13. The average molecular weight is 1260 g/mol. The van der Waals surface area contributed by atoms with Crippen LogP contribution >= 0.6 is 0 Å². The molecule has 0 fully saturated rings. The van der Waals surface area contributed by atoms with Gasteiger partial charge < -0.3 is 37.2 Å². The molecule has 5 heteroatoms. The van der Waals surface area contributed by atoms with E-state index in [4.69, 9.17) is 0 Å². The summed E-state index contributed by atoms with van der Waals surface area (Å²) in [6.07, 6.45) is 4.60. The Morgan fingerprint density at radius 3 is 0.652 bits per heavy atom. The maximum atomic E-state index is 4.60. The molecule has 13 rings (SSSR count). The van der Waals surface area contributed by atoms with E-state index in [9.17, 15) is 0 Å². The molecule has 0 bridgehead atoms. The van der Waals surface area contributed by atoms with Crippen LogP contribution in [0.5, 0.6) is 0 Å². The molecule has 1 unspecified atom stereocenters. The first-order valence-corrected chi connectivity index (χ1v) is 31.9. The van der Waals surface area contributed by atoms with Crippen molar-refractivity contribution in [1.29, 1.82) is 0 Å². The Morgan fingerprint density at radius 2 is 0.461 bits per heavy atom. The summed E-state index contributed by atoms with van der Waals surface area (Å²) in [5.74, 6) is 0.